The molecule has 0 saturated heterocycles. The fourth-order valence-electron chi connectivity index (χ4n) is 2.32. The van der Waals surface area contributed by atoms with Gasteiger partial charge in [-0.2, -0.15) is 0 Å². The molecular formula is C16H20MgO4. The van der Waals surface area contributed by atoms with Gasteiger partial charge in [0.1, 0.15) is 0 Å². The number of carboxylic acid groups (broad SMARTS) is 2. The molecule has 0 amide bonds. The molecule has 0 aliphatic carbocycles. The Morgan fingerprint density at radius 1 is 0.667 bits per heavy atom. The first kappa shape index (κ1) is 22.0. The number of carboxylic acids is 2. The van der Waals surface area contributed by atoms with E-state index >= 15 is 0 Å². The molecule has 4 nitrogen and oxygen atoms in total. The SMILES string of the molecule is C/C=C\C(/C=C\C)(C(=O)[O-])C(/C=C\C)(/C=C\C)C(=O)[O-].[Mg+2]. The van der Waals surface area contributed by atoms with Crippen LogP contribution in [0.1, 0.15) is 27.7 Å². The van der Waals surface area contributed by atoms with Gasteiger partial charge >= 0.3 is 23.1 Å². The van der Waals surface area contributed by atoms with E-state index in [-0.39, 0.29) is 23.1 Å². The minimum Gasteiger partial charge on any atom is -0.549 e. The van der Waals surface area contributed by atoms with E-state index < -0.39 is 22.8 Å². The molecule has 0 heterocycles. The normalized spacial score (nSPS) is 13.3. The maximum Gasteiger partial charge on any atom is 2.00 e. The molecule has 21 heavy (non-hydrogen) atoms. The van der Waals surface area contributed by atoms with Gasteiger partial charge < -0.3 is 19.8 Å². The van der Waals surface area contributed by atoms with Crippen LogP contribution in [0.25, 0.3) is 0 Å². The molecule has 0 radical (unpaired) electrons. The quantitative estimate of drug-likeness (QED) is 0.503. The fourth-order valence-corrected chi connectivity index (χ4v) is 2.32. The molecule has 0 aromatic carbocycles. The zero-order valence-corrected chi connectivity index (χ0v) is 14.4. The number of rotatable bonds is 7. The summed E-state index contributed by atoms with van der Waals surface area (Å²) in [5.41, 5.74) is -3.71. The summed E-state index contributed by atoms with van der Waals surface area (Å²) in [5.74, 6) is -3.01. The third-order valence-corrected chi connectivity index (χ3v) is 3.08. The van der Waals surface area contributed by atoms with Crippen LogP contribution in [0.4, 0.5) is 0 Å². The molecule has 0 aromatic rings. The van der Waals surface area contributed by atoms with Crippen LogP contribution in [0.5, 0.6) is 0 Å². The molecule has 0 atom stereocenters. The van der Waals surface area contributed by atoms with Gasteiger partial charge in [0, 0.05) is 0 Å². The van der Waals surface area contributed by atoms with Gasteiger partial charge in [0.15, 0.2) is 0 Å². The number of hydrogen-bond donors (Lipinski definition) is 0. The first-order chi connectivity index (χ1) is 9.38. The third kappa shape index (κ3) is 4.08. The molecule has 0 bridgehead atoms. The van der Waals surface area contributed by atoms with Crippen LogP contribution in [0.15, 0.2) is 48.6 Å². The second kappa shape index (κ2) is 9.58. The smallest absolute Gasteiger partial charge is 0.549 e. The number of allylic oxidation sites excluding steroid dienone is 4. The maximum atomic E-state index is 11.7. The van der Waals surface area contributed by atoms with E-state index in [1.54, 1.807) is 27.7 Å². The predicted molar refractivity (Wildman–Crippen MR) is 79.9 cm³/mol. The summed E-state index contributed by atoms with van der Waals surface area (Å²) in [5, 5.41) is 23.5. The average molecular weight is 301 g/mol. The molecule has 110 valence electrons. The number of hydrogen-bond acceptors (Lipinski definition) is 4. The van der Waals surface area contributed by atoms with E-state index in [0.29, 0.717) is 0 Å². The van der Waals surface area contributed by atoms with Gasteiger partial charge in [0.2, 0.25) is 0 Å². The summed E-state index contributed by atoms with van der Waals surface area (Å²) in [6.45, 7) is 6.47. The van der Waals surface area contributed by atoms with Gasteiger partial charge in [0.25, 0.3) is 0 Å². The van der Waals surface area contributed by atoms with Crippen molar-refractivity contribution < 1.29 is 19.8 Å². The Labute approximate surface area is 142 Å². The zero-order valence-electron chi connectivity index (χ0n) is 13.0. The van der Waals surface area contributed by atoms with Crippen molar-refractivity contribution in [3.05, 3.63) is 48.6 Å². The van der Waals surface area contributed by atoms with Crippen LogP contribution in [0, 0.1) is 10.8 Å². The molecule has 0 aliphatic heterocycles. The Morgan fingerprint density at radius 3 is 0.952 bits per heavy atom. The van der Waals surface area contributed by atoms with Crippen molar-refractivity contribution in [3.63, 3.8) is 0 Å². The zero-order chi connectivity index (χ0) is 15.8. The Balaban J connectivity index is 0. The van der Waals surface area contributed by atoms with Crippen molar-refractivity contribution in [2.24, 2.45) is 10.8 Å². The molecular weight excluding hydrogens is 280 g/mol. The van der Waals surface area contributed by atoms with E-state index in [2.05, 4.69) is 0 Å². The molecule has 0 saturated carbocycles. The Kier molecular flexibility index (Phi) is 10.0. The van der Waals surface area contributed by atoms with Gasteiger partial charge in [-0.05, 0) is 27.7 Å². The molecule has 0 rings (SSSR count). The molecule has 0 unspecified atom stereocenters. The number of carbonyl (C=O) groups excluding carboxylic acids is 2. The van der Waals surface area contributed by atoms with Gasteiger partial charge in [-0.3, -0.25) is 0 Å². The summed E-state index contributed by atoms with van der Waals surface area (Å²) >= 11 is 0. The topological polar surface area (TPSA) is 80.3 Å². The van der Waals surface area contributed by atoms with Crippen molar-refractivity contribution >= 4 is 35.0 Å². The van der Waals surface area contributed by atoms with Crippen molar-refractivity contribution in [3.8, 4) is 0 Å². The minimum absolute atomic E-state index is 0. The van der Waals surface area contributed by atoms with Crippen molar-refractivity contribution in [1.82, 2.24) is 0 Å². The van der Waals surface area contributed by atoms with Crippen LogP contribution < -0.4 is 10.2 Å². The minimum atomic E-state index is -1.85. The number of aliphatic carboxylic acids is 2. The van der Waals surface area contributed by atoms with Crippen molar-refractivity contribution in [2.75, 3.05) is 0 Å². The fraction of sp³-hybridized carbons (Fsp3) is 0.375. The van der Waals surface area contributed by atoms with Crippen LogP contribution in [0.2, 0.25) is 0 Å². The van der Waals surface area contributed by atoms with E-state index in [4.69, 9.17) is 0 Å². The van der Waals surface area contributed by atoms with Crippen LogP contribution in [-0.2, 0) is 9.59 Å². The molecule has 0 aliphatic rings. The maximum absolute atomic E-state index is 11.7. The van der Waals surface area contributed by atoms with Gasteiger partial charge in [-0.15, -0.1) is 0 Å². The first-order valence-electron chi connectivity index (χ1n) is 6.36. The van der Waals surface area contributed by atoms with E-state index in [0.717, 1.165) is 0 Å². The van der Waals surface area contributed by atoms with E-state index in [9.17, 15) is 19.8 Å². The summed E-state index contributed by atoms with van der Waals surface area (Å²) in [7, 11) is 0. The Bertz CT molecular complexity index is 405. The average Bonchev–Trinajstić information content (AvgIpc) is 2.37. The number of carbonyl (C=O) groups is 2. The van der Waals surface area contributed by atoms with Gasteiger partial charge in [0.05, 0.1) is 22.8 Å². The van der Waals surface area contributed by atoms with E-state index in [1.807, 2.05) is 0 Å². The Hall–Kier alpha value is -1.33. The monoisotopic (exact) mass is 300 g/mol. The van der Waals surface area contributed by atoms with Crippen LogP contribution in [0.3, 0.4) is 0 Å². The van der Waals surface area contributed by atoms with Crippen LogP contribution >= 0.6 is 0 Å². The summed E-state index contributed by atoms with van der Waals surface area (Å²) in [4.78, 5) is 23.5. The molecule has 5 heteroatoms. The second-order valence-electron chi connectivity index (χ2n) is 4.31. The predicted octanol–water partition coefficient (Wildman–Crippen LogP) is 0.383. The summed E-state index contributed by atoms with van der Waals surface area (Å²) in [6.07, 6.45) is 11.2. The first-order valence-corrected chi connectivity index (χ1v) is 6.36. The second-order valence-corrected chi connectivity index (χ2v) is 4.31. The molecule has 0 N–H and O–H groups in total. The van der Waals surface area contributed by atoms with Crippen molar-refractivity contribution in [2.45, 2.75) is 27.7 Å². The third-order valence-electron chi connectivity index (χ3n) is 3.08. The summed E-state index contributed by atoms with van der Waals surface area (Å²) < 4.78 is 0. The Morgan fingerprint density at radius 2 is 0.857 bits per heavy atom. The largest absolute Gasteiger partial charge is 2.00 e. The molecule has 0 spiro atoms. The molecule has 0 fully saturated rings. The van der Waals surface area contributed by atoms with Crippen molar-refractivity contribution in [1.29, 1.82) is 0 Å². The van der Waals surface area contributed by atoms with Crippen LogP contribution in [-0.4, -0.2) is 35.0 Å². The summed E-state index contributed by atoms with van der Waals surface area (Å²) in [6, 6.07) is 0. The van der Waals surface area contributed by atoms with Gasteiger partial charge in [-0.1, -0.05) is 48.6 Å². The molecule has 0 aromatic heterocycles. The standard InChI is InChI=1S/C16H22O4.Mg/c1-5-9-15(10-6-2,13(17)18)16(11-7-3,12-8-4)14(19)20;/h5-12H,1-4H3,(H,17,18)(H,19,20);/q;+2/p-2/b9-5-,10-6-,11-7-,12-8-;. The van der Waals surface area contributed by atoms with E-state index in [1.165, 1.54) is 48.6 Å². The van der Waals surface area contributed by atoms with Gasteiger partial charge in [-0.25, -0.2) is 0 Å².